The molecule has 1 aromatic rings. The van der Waals surface area contributed by atoms with Gasteiger partial charge in [0, 0.05) is 6.08 Å². The van der Waals surface area contributed by atoms with Crippen molar-refractivity contribution in [1.82, 2.24) is 0 Å². The Balaban J connectivity index is 2.12. The molecule has 1 aromatic carbocycles. The Morgan fingerprint density at radius 2 is 1.83 bits per heavy atom. The summed E-state index contributed by atoms with van der Waals surface area (Å²) >= 11 is 0. The van der Waals surface area contributed by atoms with Crippen LogP contribution in [0.1, 0.15) is 44.6 Å². The lowest BCUT2D eigenvalue weighted by Gasteiger charge is -2.01. The van der Waals surface area contributed by atoms with Crippen LogP contribution in [0.4, 0.5) is 0 Å². The van der Waals surface area contributed by atoms with Crippen LogP contribution in [-0.4, -0.2) is 12.6 Å². The number of rotatable bonds is 8. The SMILES string of the molecule is CCCCCCCOC(=O)/C=C/c1ccccc1. The molecule has 0 saturated heterocycles. The fourth-order valence-corrected chi connectivity index (χ4v) is 1.65. The molecule has 1 rings (SSSR count). The second kappa shape index (κ2) is 9.46. The lowest BCUT2D eigenvalue weighted by molar-refractivity contribution is -0.137. The van der Waals surface area contributed by atoms with Crippen molar-refractivity contribution in [2.24, 2.45) is 0 Å². The molecular formula is C16H22O2. The lowest BCUT2D eigenvalue weighted by Crippen LogP contribution is -2.02. The van der Waals surface area contributed by atoms with E-state index < -0.39 is 0 Å². The van der Waals surface area contributed by atoms with Crippen LogP contribution in [0.3, 0.4) is 0 Å². The Bertz CT molecular complexity index is 355. The van der Waals surface area contributed by atoms with E-state index in [2.05, 4.69) is 6.92 Å². The van der Waals surface area contributed by atoms with Crippen molar-refractivity contribution < 1.29 is 9.53 Å². The Morgan fingerprint density at radius 1 is 1.11 bits per heavy atom. The predicted molar refractivity (Wildman–Crippen MR) is 75.2 cm³/mol. The smallest absolute Gasteiger partial charge is 0.330 e. The monoisotopic (exact) mass is 246 g/mol. The minimum Gasteiger partial charge on any atom is -0.463 e. The minimum absolute atomic E-state index is 0.255. The number of esters is 1. The molecular weight excluding hydrogens is 224 g/mol. The van der Waals surface area contributed by atoms with E-state index in [1.165, 1.54) is 25.3 Å². The molecule has 0 saturated carbocycles. The van der Waals surface area contributed by atoms with Gasteiger partial charge in [0.2, 0.25) is 0 Å². The quantitative estimate of drug-likeness (QED) is 0.390. The van der Waals surface area contributed by atoms with Crippen LogP contribution >= 0.6 is 0 Å². The van der Waals surface area contributed by atoms with Gasteiger partial charge in [-0.05, 0) is 18.1 Å². The number of unbranched alkanes of at least 4 members (excludes halogenated alkanes) is 4. The van der Waals surface area contributed by atoms with Crippen molar-refractivity contribution in [2.75, 3.05) is 6.61 Å². The van der Waals surface area contributed by atoms with Crippen LogP contribution in [-0.2, 0) is 9.53 Å². The van der Waals surface area contributed by atoms with E-state index >= 15 is 0 Å². The fourth-order valence-electron chi connectivity index (χ4n) is 1.65. The van der Waals surface area contributed by atoms with Crippen LogP contribution in [0.15, 0.2) is 36.4 Å². The summed E-state index contributed by atoms with van der Waals surface area (Å²) in [5.41, 5.74) is 1.01. The molecule has 2 nitrogen and oxygen atoms in total. The van der Waals surface area contributed by atoms with Crippen LogP contribution in [0.5, 0.6) is 0 Å². The van der Waals surface area contributed by atoms with Gasteiger partial charge in [0.25, 0.3) is 0 Å². The highest BCUT2D eigenvalue weighted by atomic mass is 16.5. The first-order valence-electron chi connectivity index (χ1n) is 6.73. The third kappa shape index (κ3) is 6.89. The van der Waals surface area contributed by atoms with E-state index in [-0.39, 0.29) is 5.97 Å². The number of hydrogen-bond donors (Lipinski definition) is 0. The molecule has 0 amide bonds. The van der Waals surface area contributed by atoms with E-state index in [0.29, 0.717) is 6.61 Å². The summed E-state index contributed by atoms with van der Waals surface area (Å²) in [4.78, 5) is 11.4. The maximum Gasteiger partial charge on any atom is 0.330 e. The number of benzene rings is 1. The van der Waals surface area contributed by atoms with Gasteiger partial charge in [-0.1, -0.05) is 62.9 Å². The maximum absolute atomic E-state index is 11.4. The van der Waals surface area contributed by atoms with E-state index in [4.69, 9.17) is 4.74 Å². The van der Waals surface area contributed by atoms with Gasteiger partial charge < -0.3 is 4.74 Å². The van der Waals surface area contributed by atoms with Gasteiger partial charge in [-0.2, -0.15) is 0 Å². The zero-order valence-corrected chi connectivity index (χ0v) is 11.1. The first-order valence-corrected chi connectivity index (χ1v) is 6.73. The largest absolute Gasteiger partial charge is 0.463 e. The van der Waals surface area contributed by atoms with Crippen LogP contribution in [0.25, 0.3) is 6.08 Å². The molecule has 0 atom stereocenters. The molecule has 98 valence electrons. The fraction of sp³-hybridized carbons (Fsp3) is 0.438. The molecule has 0 heterocycles. The van der Waals surface area contributed by atoms with E-state index in [1.54, 1.807) is 6.08 Å². The van der Waals surface area contributed by atoms with Gasteiger partial charge in [-0.15, -0.1) is 0 Å². The van der Waals surface area contributed by atoms with Gasteiger partial charge in [-0.25, -0.2) is 4.79 Å². The van der Waals surface area contributed by atoms with Crippen molar-refractivity contribution in [3.05, 3.63) is 42.0 Å². The molecule has 0 aromatic heterocycles. The second-order valence-electron chi connectivity index (χ2n) is 4.33. The van der Waals surface area contributed by atoms with Gasteiger partial charge in [0.05, 0.1) is 6.61 Å². The zero-order chi connectivity index (χ0) is 13.1. The first-order chi connectivity index (χ1) is 8.83. The number of carbonyl (C=O) groups excluding carboxylic acids is 1. The molecule has 0 aliphatic rings. The summed E-state index contributed by atoms with van der Waals surface area (Å²) in [5.74, 6) is -0.255. The van der Waals surface area contributed by atoms with Crippen molar-refractivity contribution in [1.29, 1.82) is 0 Å². The highest BCUT2D eigenvalue weighted by molar-refractivity contribution is 5.86. The Morgan fingerprint density at radius 3 is 2.56 bits per heavy atom. The van der Waals surface area contributed by atoms with Crippen molar-refractivity contribution in [3.8, 4) is 0 Å². The molecule has 0 fully saturated rings. The summed E-state index contributed by atoms with van der Waals surface area (Å²) in [5, 5.41) is 0. The number of carbonyl (C=O) groups is 1. The first kappa shape index (κ1) is 14.5. The topological polar surface area (TPSA) is 26.3 Å². The van der Waals surface area contributed by atoms with Gasteiger partial charge in [0.15, 0.2) is 0 Å². The normalized spacial score (nSPS) is 10.7. The summed E-state index contributed by atoms with van der Waals surface area (Å²) < 4.78 is 5.12. The van der Waals surface area contributed by atoms with Crippen LogP contribution < -0.4 is 0 Å². The lowest BCUT2D eigenvalue weighted by atomic mass is 10.2. The summed E-state index contributed by atoms with van der Waals surface area (Å²) in [7, 11) is 0. The Labute approximate surface area is 110 Å². The van der Waals surface area contributed by atoms with E-state index in [0.717, 1.165) is 18.4 Å². The summed E-state index contributed by atoms with van der Waals surface area (Å²) in [6, 6.07) is 9.74. The van der Waals surface area contributed by atoms with Crippen molar-refractivity contribution in [2.45, 2.75) is 39.0 Å². The number of hydrogen-bond acceptors (Lipinski definition) is 2. The summed E-state index contributed by atoms with van der Waals surface area (Å²) in [6.45, 7) is 2.72. The molecule has 0 aliphatic carbocycles. The summed E-state index contributed by atoms with van der Waals surface area (Å²) in [6.07, 6.45) is 9.10. The zero-order valence-electron chi connectivity index (χ0n) is 11.1. The maximum atomic E-state index is 11.4. The van der Waals surface area contributed by atoms with Crippen molar-refractivity contribution >= 4 is 12.0 Å². The Kier molecular flexibility index (Phi) is 7.61. The molecule has 0 spiro atoms. The average Bonchev–Trinajstić information content (AvgIpc) is 2.41. The van der Waals surface area contributed by atoms with Gasteiger partial charge in [0.1, 0.15) is 0 Å². The third-order valence-corrected chi connectivity index (χ3v) is 2.70. The molecule has 0 unspecified atom stereocenters. The molecule has 0 N–H and O–H groups in total. The number of ether oxygens (including phenoxy) is 1. The van der Waals surface area contributed by atoms with Gasteiger partial charge in [-0.3, -0.25) is 0 Å². The van der Waals surface area contributed by atoms with E-state index in [9.17, 15) is 4.79 Å². The minimum atomic E-state index is -0.255. The molecule has 0 bridgehead atoms. The predicted octanol–water partition coefficient (Wildman–Crippen LogP) is 4.21. The molecule has 0 radical (unpaired) electrons. The molecule has 18 heavy (non-hydrogen) atoms. The average molecular weight is 246 g/mol. The molecule has 2 heteroatoms. The standard InChI is InChI=1S/C16H22O2/c1-2-3-4-5-9-14-18-16(17)13-12-15-10-7-6-8-11-15/h6-8,10-13H,2-5,9,14H2,1H3/b13-12+. The molecule has 0 aliphatic heterocycles. The van der Waals surface area contributed by atoms with Gasteiger partial charge >= 0.3 is 5.97 Å². The van der Waals surface area contributed by atoms with Crippen LogP contribution in [0.2, 0.25) is 0 Å². The van der Waals surface area contributed by atoms with Crippen molar-refractivity contribution in [3.63, 3.8) is 0 Å². The second-order valence-corrected chi connectivity index (χ2v) is 4.33. The highest BCUT2D eigenvalue weighted by Crippen LogP contribution is 2.03. The third-order valence-electron chi connectivity index (χ3n) is 2.70. The van der Waals surface area contributed by atoms with Crippen LogP contribution in [0, 0.1) is 0 Å². The van der Waals surface area contributed by atoms with E-state index in [1.807, 2.05) is 30.3 Å². The Hall–Kier alpha value is -1.57. The highest BCUT2D eigenvalue weighted by Gasteiger charge is 1.96.